The smallest absolute Gasteiger partial charge is 0.157 e. The third-order valence-corrected chi connectivity index (χ3v) is 6.90. The van der Waals surface area contributed by atoms with E-state index in [4.69, 9.17) is 4.98 Å². The minimum Gasteiger partial charge on any atom is -0.371 e. The van der Waals surface area contributed by atoms with Gasteiger partial charge >= 0.3 is 0 Å². The second-order valence-corrected chi connectivity index (χ2v) is 8.97. The normalized spacial score (nSPS) is 16.0. The van der Waals surface area contributed by atoms with Crippen molar-refractivity contribution < 1.29 is 0 Å². The molecule has 0 bridgehead atoms. The number of likely N-dealkylation sites (N-methyl/N-ethyl adjacent to an activating group) is 1. The molecule has 0 spiro atoms. The highest BCUT2D eigenvalue weighted by Crippen LogP contribution is 2.40. The molecule has 0 radical (unpaired) electrons. The summed E-state index contributed by atoms with van der Waals surface area (Å²) >= 11 is 0. The summed E-state index contributed by atoms with van der Waals surface area (Å²) in [5.74, 6) is 1.92. The van der Waals surface area contributed by atoms with E-state index in [0.29, 0.717) is 0 Å². The molecule has 0 N–H and O–H groups in total. The quantitative estimate of drug-likeness (QED) is 0.417. The van der Waals surface area contributed by atoms with Gasteiger partial charge in [0.05, 0.1) is 22.4 Å². The van der Waals surface area contributed by atoms with Crippen LogP contribution in [0, 0.1) is 5.92 Å². The Labute approximate surface area is 177 Å². The van der Waals surface area contributed by atoms with Crippen molar-refractivity contribution in [3.05, 3.63) is 54.6 Å². The third kappa shape index (κ3) is 2.63. The molecule has 1 aliphatic heterocycles. The van der Waals surface area contributed by atoms with Crippen molar-refractivity contribution in [2.45, 2.75) is 39.3 Å². The molecule has 2 aromatic heterocycles. The molecule has 0 atom stereocenters. The van der Waals surface area contributed by atoms with E-state index in [0.717, 1.165) is 43.3 Å². The average Bonchev–Trinajstić information content (AvgIpc) is 3.41. The van der Waals surface area contributed by atoms with E-state index < -0.39 is 0 Å². The minimum absolute atomic E-state index is 0.812. The van der Waals surface area contributed by atoms with Gasteiger partial charge in [-0.05, 0) is 60.6 Å². The average molecular weight is 397 g/mol. The molecule has 2 aliphatic rings. The fraction of sp³-hybridized carbons (Fsp3) is 0.346. The van der Waals surface area contributed by atoms with Gasteiger partial charge in [-0.1, -0.05) is 31.7 Å². The highest BCUT2D eigenvalue weighted by Gasteiger charge is 2.28. The first-order valence-corrected chi connectivity index (χ1v) is 11.2. The molecule has 4 heteroatoms. The van der Waals surface area contributed by atoms with Gasteiger partial charge in [0.1, 0.15) is 0 Å². The van der Waals surface area contributed by atoms with Crippen molar-refractivity contribution in [3.8, 4) is 11.5 Å². The number of para-hydroxylation sites is 1. The summed E-state index contributed by atoms with van der Waals surface area (Å²) in [5.41, 5.74) is 8.58. The van der Waals surface area contributed by atoms with E-state index >= 15 is 0 Å². The molecule has 4 aromatic rings. The Balaban J connectivity index is 1.62. The number of hydrogen-bond acceptors (Lipinski definition) is 2. The van der Waals surface area contributed by atoms with Crippen LogP contribution in [0.4, 0.5) is 5.69 Å². The summed E-state index contributed by atoms with van der Waals surface area (Å²) in [6.45, 7) is 9.51. The molecule has 1 saturated carbocycles. The Hall–Kier alpha value is -3.01. The number of benzene rings is 2. The zero-order valence-corrected chi connectivity index (χ0v) is 17.9. The van der Waals surface area contributed by atoms with Crippen molar-refractivity contribution in [2.75, 3.05) is 18.5 Å². The van der Waals surface area contributed by atoms with Gasteiger partial charge in [-0.3, -0.25) is 0 Å². The standard InChI is InChI=1S/C26H28N4/c1-4-17(2)20-13-21-25-23(15-20)28(3)11-12-29(25)26(27-21)24-14-19-7-5-6-8-22(19)30(24)16-18-9-10-18/h5-8,13-15,18H,2,4,9-12,16H2,1,3H3. The van der Waals surface area contributed by atoms with E-state index in [-0.39, 0.29) is 0 Å². The summed E-state index contributed by atoms with van der Waals surface area (Å²) in [7, 11) is 2.19. The van der Waals surface area contributed by atoms with Crippen molar-refractivity contribution >= 4 is 33.2 Å². The lowest BCUT2D eigenvalue weighted by Crippen LogP contribution is -2.28. The van der Waals surface area contributed by atoms with Crippen LogP contribution in [0.1, 0.15) is 31.7 Å². The molecule has 1 fully saturated rings. The molecule has 1 aliphatic carbocycles. The Morgan fingerprint density at radius 3 is 2.77 bits per heavy atom. The Kier molecular flexibility index (Phi) is 3.86. The van der Waals surface area contributed by atoms with E-state index in [1.165, 1.54) is 51.8 Å². The first-order chi connectivity index (χ1) is 14.6. The van der Waals surface area contributed by atoms with Crippen molar-refractivity contribution in [3.63, 3.8) is 0 Å². The molecule has 2 aromatic carbocycles. The minimum atomic E-state index is 0.812. The Morgan fingerprint density at radius 1 is 1.13 bits per heavy atom. The van der Waals surface area contributed by atoms with Gasteiger partial charge in [0.15, 0.2) is 5.82 Å². The highest BCUT2D eigenvalue weighted by molar-refractivity contribution is 5.96. The SMILES string of the molecule is C=C(CC)c1cc2c3c(c1)nc(-c1cc4ccccc4n1CC1CC1)n3CCN2C. The van der Waals surface area contributed by atoms with Crippen molar-refractivity contribution in [2.24, 2.45) is 5.92 Å². The summed E-state index contributed by atoms with van der Waals surface area (Å²) < 4.78 is 4.96. The van der Waals surface area contributed by atoms with Crippen LogP contribution in [-0.2, 0) is 13.1 Å². The van der Waals surface area contributed by atoms with Crippen LogP contribution in [0.3, 0.4) is 0 Å². The number of imidazole rings is 1. The number of anilines is 1. The summed E-state index contributed by atoms with van der Waals surface area (Å²) in [6.07, 6.45) is 3.65. The summed E-state index contributed by atoms with van der Waals surface area (Å²) in [6, 6.07) is 15.6. The maximum Gasteiger partial charge on any atom is 0.157 e. The van der Waals surface area contributed by atoms with Gasteiger partial charge in [-0.25, -0.2) is 4.98 Å². The molecule has 3 heterocycles. The Morgan fingerprint density at radius 2 is 1.97 bits per heavy atom. The lowest BCUT2D eigenvalue weighted by Gasteiger charge is -2.28. The molecule has 30 heavy (non-hydrogen) atoms. The monoisotopic (exact) mass is 396 g/mol. The lowest BCUT2D eigenvalue weighted by atomic mass is 10.0. The zero-order valence-electron chi connectivity index (χ0n) is 17.9. The molecular formula is C26H28N4. The fourth-order valence-corrected chi connectivity index (χ4v) is 4.88. The third-order valence-electron chi connectivity index (χ3n) is 6.90. The zero-order chi connectivity index (χ0) is 20.4. The highest BCUT2D eigenvalue weighted by atomic mass is 15.2. The maximum absolute atomic E-state index is 5.22. The number of aromatic nitrogens is 3. The number of fused-ring (bicyclic) bond motifs is 1. The van der Waals surface area contributed by atoms with Crippen LogP contribution < -0.4 is 4.90 Å². The van der Waals surface area contributed by atoms with Gasteiger partial charge in [0, 0.05) is 37.6 Å². The summed E-state index contributed by atoms with van der Waals surface area (Å²) in [4.78, 5) is 7.59. The van der Waals surface area contributed by atoms with Gasteiger partial charge in [0.2, 0.25) is 0 Å². The Bertz CT molecular complexity index is 1300. The fourth-order valence-electron chi connectivity index (χ4n) is 4.88. The second-order valence-electron chi connectivity index (χ2n) is 8.97. The van der Waals surface area contributed by atoms with Crippen molar-refractivity contribution in [1.82, 2.24) is 14.1 Å². The maximum atomic E-state index is 5.22. The predicted octanol–water partition coefficient (Wildman–Crippen LogP) is 5.94. The molecule has 0 amide bonds. The van der Waals surface area contributed by atoms with Crippen LogP contribution in [0.25, 0.3) is 39.0 Å². The van der Waals surface area contributed by atoms with Crippen LogP contribution in [0.2, 0.25) is 0 Å². The van der Waals surface area contributed by atoms with Crippen LogP contribution in [0.15, 0.2) is 49.0 Å². The molecule has 0 saturated heterocycles. The molecule has 152 valence electrons. The second kappa shape index (κ2) is 6.49. The van der Waals surface area contributed by atoms with E-state index in [1.807, 2.05) is 0 Å². The van der Waals surface area contributed by atoms with Crippen LogP contribution in [0.5, 0.6) is 0 Å². The molecule has 0 unspecified atom stereocenters. The van der Waals surface area contributed by atoms with E-state index in [2.05, 4.69) is 77.0 Å². The topological polar surface area (TPSA) is 26.0 Å². The predicted molar refractivity (Wildman–Crippen MR) is 126 cm³/mol. The molecule has 6 rings (SSSR count). The number of allylic oxidation sites excluding steroid dienone is 1. The van der Waals surface area contributed by atoms with E-state index in [1.54, 1.807) is 0 Å². The first-order valence-electron chi connectivity index (χ1n) is 11.2. The molecule has 4 nitrogen and oxygen atoms in total. The number of hydrogen-bond donors (Lipinski definition) is 0. The molecular weight excluding hydrogens is 368 g/mol. The summed E-state index contributed by atoms with van der Waals surface area (Å²) in [5, 5.41) is 1.31. The van der Waals surface area contributed by atoms with Gasteiger partial charge in [-0.15, -0.1) is 0 Å². The number of nitrogens with zero attached hydrogens (tertiary/aromatic N) is 4. The van der Waals surface area contributed by atoms with Crippen LogP contribution in [-0.4, -0.2) is 27.7 Å². The van der Waals surface area contributed by atoms with Gasteiger partial charge < -0.3 is 14.0 Å². The van der Waals surface area contributed by atoms with Gasteiger partial charge in [0.25, 0.3) is 0 Å². The lowest BCUT2D eigenvalue weighted by molar-refractivity contribution is 0.639. The van der Waals surface area contributed by atoms with Gasteiger partial charge in [-0.2, -0.15) is 0 Å². The van der Waals surface area contributed by atoms with Crippen LogP contribution >= 0.6 is 0 Å². The first kappa shape index (κ1) is 17.8. The largest absolute Gasteiger partial charge is 0.371 e. The van der Waals surface area contributed by atoms with E-state index in [9.17, 15) is 0 Å². The van der Waals surface area contributed by atoms with Crippen molar-refractivity contribution in [1.29, 1.82) is 0 Å². The number of rotatable bonds is 5.